The highest BCUT2D eigenvalue weighted by Crippen LogP contribution is 2.26. The lowest BCUT2D eigenvalue weighted by Crippen LogP contribution is -2.30. The van der Waals surface area contributed by atoms with Gasteiger partial charge in [-0.1, -0.05) is 23.7 Å². The highest BCUT2D eigenvalue weighted by molar-refractivity contribution is 6.32. The molecule has 2 rings (SSSR count). The Morgan fingerprint density at radius 1 is 1.35 bits per heavy atom. The fourth-order valence-electron chi connectivity index (χ4n) is 2.35. The van der Waals surface area contributed by atoms with Gasteiger partial charge in [0, 0.05) is 19.2 Å². The van der Waals surface area contributed by atoms with E-state index >= 15 is 0 Å². The van der Waals surface area contributed by atoms with Gasteiger partial charge >= 0.3 is 0 Å². The van der Waals surface area contributed by atoms with Crippen LogP contribution in [0.1, 0.15) is 24.9 Å². The summed E-state index contributed by atoms with van der Waals surface area (Å²) in [5.74, 6) is -0.360. The minimum atomic E-state index is -0.474. The lowest BCUT2D eigenvalue weighted by molar-refractivity contribution is -0.384. The van der Waals surface area contributed by atoms with Gasteiger partial charge in [-0.15, -0.1) is 0 Å². The standard InChI is InChI=1S/C18H18ClFN2O4/c1-12(13-4-3-5-15(10-13)22(24)25)21(2)18(23)8-9-26-17-7-6-14(20)11-16(17)19/h3-7,10-12H,8-9H2,1-2H3. The molecule has 138 valence electrons. The van der Waals surface area contributed by atoms with Crippen molar-refractivity contribution < 1.29 is 18.8 Å². The normalized spacial score (nSPS) is 11.7. The van der Waals surface area contributed by atoms with E-state index in [1.54, 1.807) is 26.1 Å². The number of benzene rings is 2. The Balaban J connectivity index is 1.94. The summed E-state index contributed by atoms with van der Waals surface area (Å²) in [7, 11) is 1.62. The number of rotatable bonds is 7. The van der Waals surface area contributed by atoms with E-state index in [0.29, 0.717) is 11.3 Å². The van der Waals surface area contributed by atoms with Crippen LogP contribution in [0, 0.1) is 15.9 Å². The first-order valence-corrected chi connectivity index (χ1v) is 8.25. The van der Waals surface area contributed by atoms with E-state index in [1.165, 1.54) is 29.2 Å². The number of non-ortho nitro benzene ring substituents is 1. The van der Waals surface area contributed by atoms with E-state index in [9.17, 15) is 19.3 Å². The molecule has 0 saturated carbocycles. The van der Waals surface area contributed by atoms with Crippen LogP contribution in [0.2, 0.25) is 5.02 Å². The number of nitro groups is 1. The van der Waals surface area contributed by atoms with Gasteiger partial charge in [-0.3, -0.25) is 14.9 Å². The Morgan fingerprint density at radius 3 is 2.73 bits per heavy atom. The molecule has 0 aliphatic rings. The minimum Gasteiger partial charge on any atom is -0.491 e. The largest absolute Gasteiger partial charge is 0.491 e. The van der Waals surface area contributed by atoms with Crippen molar-refractivity contribution in [2.75, 3.05) is 13.7 Å². The molecule has 1 atom stereocenters. The summed E-state index contributed by atoms with van der Waals surface area (Å²) in [5, 5.41) is 11.0. The first kappa shape index (κ1) is 19.7. The highest BCUT2D eigenvalue weighted by Gasteiger charge is 2.19. The van der Waals surface area contributed by atoms with Crippen molar-refractivity contribution in [3.05, 3.63) is 69.0 Å². The topological polar surface area (TPSA) is 72.7 Å². The Labute approximate surface area is 155 Å². The average Bonchev–Trinajstić information content (AvgIpc) is 2.62. The molecular weight excluding hydrogens is 363 g/mol. The van der Waals surface area contributed by atoms with E-state index in [-0.39, 0.29) is 35.7 Å². The maximum absolute atomic E-state index is 13.0. The lowest BCUT2D eigenvalue weighted by atomic mass is 10.1. The van der Waals surface area contributed by atoms with E-state index in [1.807, 2.05) is 0 Å². The van der Waals surface area contributed by atoms with Crippen LogP contribution in [0.5, 0.6) is 5.75 Å². The van der Waals surface area contributed by atoms with E-state index in [2.05, 4.69) is 0 Å². The molecule has 0 aromatic heterocycles. The molecule has 2 aromatic rings. The third kappa shape index (κ3) is 4.92. The van der Waals surface area contributed by atoms with Crippen molar-refractivity contribution in [2.24, 2.45) is 0 Å². The van der Waals surface area contributed by atoms with Crippen LogP contribution in [0.3, 0.4) is 0 Å². The van der Waals surface area contributed by atoms with E-state index in [4.69, 9.17) is 16.3 Å². The van der Waals surface area contributed by atoms with Gasteiger partial charge < -0.3 is 9.64 Å². The number of carbonyl (C=O) groups is 1. The average molecular weight is 381 g/mol. The van der Waals surface area contributed by atoms with Gasteiger partial charge in [-0.2, -0.15) is 0 Å². The molecule has 26 heavy (non-hydrogen) atoms. The molecule has 0 heterocycles. The van der Waals surface area contributed by atoms with Crippen molar-refractivity contribution in [3.63, 3.8) is 0 Å². The zero-order chi connectivity index (χ0) is 19.3. The first-order valence-electron chi connectivity index (χ1n) is 7.87. The lowest BCUT2D eigenvalue weighted by Gasteiger charge is -2.25. The Kier molecular flexibility index (Phi) is 6.52. The first-order chi connectivity index (χ1) is 12.3. The van der Waals surface area contributed by atoms with Crippen molar-refractivity contribution in [1.82, 2.24) is 4.90 Å². The SMILES string of the molecule is CC(c1cccc([N+](=O)[O-])c1)N(C)C(=O)CCOc1ccc(F)cc1Cl. The predicted molar refractivity (Wildman–Crippen MR) is 95.8 cm³/mol. The highest BCUT2D eigenvalue weighted by atomic mass is 35.5. The number of hydrogen-bond donors (Lipinski definition) is 0. The van der Waals surface area contributed by atoms with Crippen LogP contribution in [0.25, 0.3) is 0 Å². The number of amides is 1. The number of carbonyl (C=O) groups excluding carboxylic acids is 1. The molecule has 1 amide bonds. The molecule has 0 saturated heterocycles. The molecular formula is C18H18ClFN2O4. The molecule has 2 aromatic carbocycles. The van der Waals surface area contributed by atoms with Crippen molar-refractivity contribution in [3.8, 4) is 5.75 Å². The summed E-state index contributed by atoms with van der Waals surface area (Å²) in [6.45, 7) is 1.87. The fourth-order valence-corrected chi connectivity index (χ4v) is 2.58. The summed E-state index contributed by atoms with van der Waals surface area (Å²) >= 11 is 5.86. The van der Waals surface area contributed by atoms with Crippen LogP contribution in [0.4, 0.5) is 10.1 Å². The molecule has 0 aliphatic heterocycles. The molecule has 0 spiro atoms. The molecule has 0 aliphatic carbocycles. The Bertz CT molecular complexity index is 816. The summed E-state index contributed by atoms with van der Waals surface area (Å²) in [5.41, 5.74) is 0.641. The van der Waals surface area contributed by atoms with Gasteiger partial charge in [-0.25, -0.2) is 4.39 Å². The predicted octanol–water partition coefficient (Wildman–Crippen LogP) is 4.38. The van der Waals surface area contributed by atoms with Crippen molar-refractivity contribution in [2.45, 2.75) is 19.4 Å². The smallest absolute Gasteiger partial charge is 0.269 e. The van der Waals surface area contributed by atoms with Gasteiger partial charge in [0.15, 0.2) is 0 Å². The second kappa shape index (κ2) is 8.62. The zero-order valence-corrected chi connectivity index (χ0v) is 15.1. The summed E-state index contributed by atoms with van der Waals surface area (Å²) in [6, 6.07) is 9.59. The van der Waals surface area contributed by atoms with Gasteiger partial charge in [0.25, 0.3) is 5.69 Å². The number of hydrogen-bond acceptors (Lipinski definition) is 4. The molecule has 1 unspecified atom stereocenters. The summed E-state index contributed by atoms with van der Waals surface area (Å²) in [6.07, 6.45) is 0.0868. The van der Waals surface area contributed by atoms with E-state index in [0.717, 1.165) is 6.07 Å². The maximum atomic E-state index is 13.0. The maximum Gasteiger partial charge on any atom is 0.269 e. The van der Waals surface area contributed by atoms with Crippen LogP contribution >= 0.6 is 11.6 Å². The fraction of sp³-hybridized carbons (Fsp3) is 0.278. The van der Waals surface area contributed by atoms with Crippen LogP contribution in [0.15, 0.2) is 42.5 Å². The molecule has 0 fully saturated rings. The third-order valence-corrected chi connectivity index (χ3v) is 4.30. The van der Waals surface area contributed by atoms with E-state index < -0.39 is 10.7 Å². The molecule has 0 radical (unpaired) electrons. The monoisotopic (exact) mass is 380 g/mol. The molecule has 0 N–H and O–H groups in total. The molecule has 8 heteroatoms. The number of nitro benzene ring substituents is 1. The van der Waals surface area contributed by atoms with Gasteiger partial charge in [0.2, 0.25) is 5.91 Å². The quantitative estimate of drug-likeness (QED) is 0.528. The number of nitrogens with zero attached hydrogens (tertiary/aromatic N) is 2. The van der Waals surface area contributed by atoms with Crippen LogP contribution in [-0.2, 0) is 4.79 Å². The minimum absolute atomic E-state index is 0.0236. The molecule has 6 nitrogen and oxygen atoms in total. The van der Waals surface area contributed by atoms with Crippen LogP contribution < -0.4 is 4.74 Å². The Morgan fingerprint density at radius 2 is 2.08 bits per heavy atom. The van der Waals surface area contributed by atoms with Gasteiger partial charge in [-0.05, 0) is 30.7 Å². The van der Waals surface area contributed by atoms with Crippen molar-refractivity contribution in [1.29, 1.82) is 0 Å². The summed E-state index contributed by atoms with van der Waals surface area (Å²) < 4.78 is 18.4. The number of ether oxygens (including phenoxy) is 1. The summed E-state index contributed by atoms with van der Waals surface area (Å²) in [4.78, 5) is 24.2. The second-order valence-electron chi connectivity index (χ2n) is 5.71. The molecule has 0 bridgehead atoms. The third-order valence-electron chi connectivity index (χ3n) is 4.01. The van der Waals surface area contributed by atoms with Gasteiger partial charge in [0.1, 0.15) is 11.6 Å². The second-order valence-corrected chi connectivity index (χ2v) is 6.11. The number of halogens is 2. The van der Waals surface area contributed by atoms with Gasteiger partial charge in [0.05, 0.1) is 29.0 Å². The van der Waals surface area contributed by atoms with Crippen LogP contribution in [-0.4, -0.2) is 29.4 Å². The Hall–Kier alpha value is -2.67. The zero-order valence-electron chi connectivity index (χ0n) is 14.3. The van der Waals surface area contributed by atoms with Crippen molar-refractivity contribution >= 4 is 23.2 Å².